The number of fused-ring (bicyclic) bond motifs is 1. The molecule has 0 saturated carbocycles. The fourth-order valence-corrected chi connectivity index (χ4v) is 3.14. The van der Waals surface area contributed by atoms with Crippen LogP contribution in [0.1, 0.15) is 19.4 Å². The van der Waals surface area contributed by atoms with E-state index in [1.165, 1.54) is 10.9 Å². The van der Waals surface area contributed by atoms with Crippen molar-refractivity contribution in [3.05, 3.63) is 64.7 Å². The van der Waals surface area contributed by atoms with Gasteiger partial charge < -0.3 is 10.2 Å². The van der Waals surface area contributed by atoms with Crippen LogP contribution in [-0.4, -0.2) is 28.5 Å². The molecule has 3 aromatic rings. The van der Waals surface area contributed by atoms with E-state index in [1.54, 1.807) is 18.2 Å². The molecule has 0 aliphatic heterocycles. The van der Waals surface area contributed by atoms with Gasteiger partial charge in [-0.1, -0.05) is 12.1 Å². The Hall–Kier alpha value is -3.15. The normalized spacial score (nSPS) is 10.8. The number of carbonyl (C=O) groups excluding carboxylic acids is 1. The summed E-state index contributed by atoms with van der Waals surface area (Å²) in [5, 5.41) is 3.40. The van der Waals surface area contributed by atoms with E-state index in [4.69, 9.17) is 0 Å². The maximum absolute atomic E-state index is 12.5. The lowest BCUT2D eigenvalue weighted by atomic mass is 10.1. The number of hydrogen-bond acceptors (Lipinski definition) is 4. The van der Waals surface area contributed by atoms with Gasteiger partial charge in [0.15, 0.2) is 0 Å². The van der Waals surface area contributed by atoms with Gasteiger partial charge in [0, 0.05) is 24.5 Å². The number of rotatable bonds is 6. The number of para-hydroxylation sites is 1. The minimum atomic E-state index is -0.257. The van der Waals surface area contributed by atoms with Crippen molar-refractivity contribution < 1.29 is 4.79 Å². The van der Waals surface area contributed by atoms with Gasteiger partial charge in [0.25, 0.3) is 5.56 Å². The Bertz CT molecular complexity index is 1020. The molecule has 27 heavy (non-hydrogen) atoms. The van der Waals surface area contributed by atoms with Crippen LogP contribution in [0.15, 0.2) is 53.6 Å². The molecule has 0 aliphatic carbocycles. The highest BCUT2D eigenvalue weighted by atomic mass is 16.2. The Morgan fingerprint density at radius 1 is 1.15 bits per heavy atom. The molecule has 0 spiro atoms. The van der Waals surface area contributed by atoms with Crippen LogP contribution in [0.4, 0.5) is 11.4 Å². The number of nitrogens with one attached hydrogen (secondary N) is 1. The monoisotopic (exact) mass is 364 g/mol. The summed E-state index contributed by atoms with van der Waals surface area (Å²) in [7, 11) is 0. The summed E-state index contributed by atoms with van der Waals surface area (Å²) in [6.45, 7) is 7.98. The van der Waals surface area contributed by atoms with Crippen molar-refractivity contribution in [3.8, 4) is 0 Å². The number of nitrogens with zero attached hydrogens (tertiary/aromatic N) is 3. The number of aryl methyl sites for hydroxylation is 1. The molecule has 3 rings (SSSR count). The topological polar surface area (TPSA) is 67.2 Å². The number of hydrogen-bond donors (Lipinski definition) is 1. The highest BCUT2D eigenvalue weighted by Gasteiger charge is 2.10. The zero-order chi connectivity index (χ0) is 19.4. The quantitative estimate of drug-likeness (QED) is 0.729. The predicted molar refractivity (Wildman–Crippen MR) is 109 cm³/mol. The molecule has 0 radical (unpaired) electrons. The molecule has 0 aliphatic rings. The second-order valence-corrected chi connectivity index (χ2v) is 6.41. The Balaban J connectivity index is 1.76. The third-order valence-corrected chi connectivity index (χ3v) is 4.66. The number of benzene rings is 2. The highest BCUT2D eigenvalue weighted by Crippen LogP contribution is 2.22. The molecular weight excluding hydrogens is 340 g/mol. The van der Waals surface area contributed by atoms with Crippen LogP contribution in [0.3, 0.4) is 0 Å². The van der Waals surface area contributed by atoms with E-state index in [9.17, 15) is 9.59 Å². The molecule has 0 saturated heterocycles. The fourth-order valence-electron chi connectivity index (χ4n) is 3.14. The van der Waals surface area contributed by atoms with E-state index in [-0.39, 0.29) is 18.0 Å². The Labute approximate surface area is 158 Å². The van der Waals surface area contributed by atoms with E-state index in [0.717, 1.165) is 30.0 Å². The molecule has 1 amide bonds. The van der Waals surface area contributed by atoms with E-state index >= 15 is 0 Å². The van der Waals surface area contributed by atoms with Crippen LogP contribution in [0, 0.1) is 6.92 Å². The van der Waals surface area contributed by atoms with Gasteiger partial charge in [0.1, 0.15) is 6.54 Å². The van der Waals surface area contributed by atoms with Gasteiger partial charge in [-0.2, -0.15) is 0 Å². The van der Waals surface area contributed by atoms with Gasteiger partial charge in [0.2, 0.25) is 5.91 Å². The van der Waals surface area contributed by atoms with Gasteiger partial charge >= 0.3 is 0 Å². The lowest BCUT2D eigenvalue weighted by Gasteiger charge is -2.22. The van der Waals surface area contributed by atoms with Crippen molar-refractivity contribution in [1.29, 1.82) is 0 Å². The molecule has 6 heteroatoms. The molecule has 1 N–H and O–H groups in total. The fraction of sp³-hybridized carbons (Fsp3) is 0.286. The van der Waals surface area contributed by atoms with E-state index < -0.39 is 0 Å². The van der Waals surface area contributed by atoms with Crippen molar-refractivity contribution >= 4 is 28.2 Å². The summed E-state index contributed by atoms with van der Waals surface area (Å²) in [4.78, 5) is 31.4. The van der Waals surface area contributed by atoms with Gasteiger partial charge in [-0.25, -0.2) is 4.98 Å². The summed E-state index contributed by atoms with van der Waals surface area (Å²) < 4.78 is 1.33. The average molecular weight is 364 g/mol. The molecule has 0 bridgehead atoms. The van der Waals surface area contributed by atoms with Crippen molar-refractivity contribution in [1.82, 2.24) is 9.55 Å². The minimum Gasteiger partial charge on any atom is -0.372 e. The highest BCUT2D eigenvalue weighted by molar-refractivity contribution is 5.91. The number of amides is 1. The maximum Gasteiger partial charge on any atom is 0.261 e. The standard InChI is InChI=1S/C21H24N4O2/c1-4-24(5-2)16-10-11-18(15(3)12-16)23-20(26)13-25-14-22-19-9-7-6-8-17(19)21(25)27/h6-12,14H,4-5,13H2,1-3H3,(H,23,26). The van der Waals surface area contributed by atoms with Crippen molar-refractivity contribution in [2.75, 3.05) is 23.3 Å². The molecule has 1 heterocycles. The minimum absolute atomic E-state index is 0.0755. The van der Waals surface area contributed by atoms with Gasteiger partial charge in [-0.15, -0.1) is 0 Å². The first-order valence-corrected chi connectivity index (χ1v) is 9.13. The lowest BCUT2D eigenvalue weighted by molar-refractivity contribution is -0.116. The summed E-state index contributed by atoms with van der Waals surface area (Å²) in [6, 6.07) is 13.1. The molecule has 0 fully saturated rings. The number of anilines is 2. The van der Waals surface area contributed by atoms with Crippen LogP contribution in [0.5, 0.6) is 0 Å². The summed E-state index contributed by atoms with van der Waals surface area (Å²) >= 11 is 0. The zero-order valence-corrected chi connectivity index (χ0v) is 15.9. The summed E-state index contributed by atoms with van der Waals surface area (Å²) in [5.74, 6) is -0.257. The van der Waals surface area contributed by atoms with Crippen molar-refractivity contribution in [3.63, 3.8) is 0 Å². The molecule has 1 aromatic heterocycles. The Kier molecular flexibility index (Phi) is 5.54. The molecular formula is C21H24N4O2. The van der Waals surface area contributed by atoms with E-state index in [1.807, 2.05) is 25.1 Å². The van der Waals surface area contributed by atoms with Crippen LogP contribution >= 0.6 is 0 Å². The lowest BCUT2D eigenvalue weighted by Crippen LogP contribution is -2.28. The summed E-state index contributed by atoms with van der Waals surface area (Å²) in [6.07, 6.45) is 1.42. The predicted octanol–water partition coefficient (Wildman–Crippen LogP) is 3.19. The van der Waals surface area contributed by atoms with E-state index in [2.05, 4.69) is 35.1 Å². The Morgan fingerprint density at radius 3 is 2.59 bits per heavy atom. The molecule has 0 atom stereocenters. The van der Waals surface area contributed by atoms with Crippen molar-refractivity contribution in [2.24, 2.45) is 0 Å². The first-order valence-electron chi connectivity index (χ1n) is 9.13. The number of aromatic nitrogens is 2. The SMILES string of the molecule is CCN(CC)c1ccc(NC(=O)Cn2cnc3ccccc3c2=O)c(C)c1. The maximum atomic E-state index is 12.5. The molecule has 140 valence electrons. The molecule has 2 aromatic carbocycles. The number of carbonyl (C=O) groups is 1. The van der Waals surface area contributed by atoms with Crippen LogP contribution in [0.25, 0.3) is 10.9 Å². The van der Waals surface area contributed by atoms with Crippen LogP contribution in [0.2, 0.25) is 0 Å². The third kappa shape index (κ3) is 4.00. The van der Waals surface area contributed by atoms with Gasteiger partial charge in [0.05, 0.1) is 17.2 Å². The Morgan fingerprint density at radius 2 is 1.89 bits per heavy atom. The first-order chi connectivity index (χ1) is 13.0. The average Bonchev–Trinajstić information content (AvgIpc) is 2.67. The zero-order valence-electron chi connectivity index (χ0n) is 15.9. The molecule has 6 nitrogen and oxygen atoms in total. The second kappa shape index (κ2) is 8.03. The van der Waals surface area contributed by atoms with Gasteiger partial charge in [-0.3, -0.25) is 14.2 Å². The van der Waals surface area contributed by atoms with Crippen LogP contribution in [-0.2, 0) is 11.3 Å². The third-order valence-electron chi connectivity index (χ3n) is 4.66. The van der Waals surface area contributed by atoms with Gasteiger partial charge in [-0.05, 0) is 56.7 Å². The smallest absolute Gasteiger partial charge is 0.261 e. The summed E-state index contributed by atoms with van der Waals surface area (Å²) in [5.41, 5.74) is 3.27. The largest absolute Gasteiger partial charge is 0.372 e. The molecule has 0 unspecified atom stereocenters. The van der Waals surface area contributed by atoms with E-state index in [0.29, 0.717) is 10.9 Å². The van der Waals surface area contributed by atoms with Crippen molar-refractivity contribution in [2.45, 2.75) is 27.3 Å². The second-order valence-electron chi connectivity index (χ2n) is 6.41. The van der Waals surface area contributed by atoms with Crippen LogP contribution < -0.4 is 15.8 Å². The first kappa shape index (κ1) is 18.6.